The van der Waals surface area contributed by atoms with E-state index in [4.69, 9.17) is 20.4 Å². The van der Waals surface area contributed by atoms with Gasteiger partial charge in [-0.2, -0.15) is 0 Å². The molecule has 0 saturated carbocycles. The van der Waals surface area contributed by atoms with Crippen molar-refractivity contribution in [1.82, 2.24) is 0 Å². The summed E-state index contributed by atoms with van der Waals surface area (Å²) in [5.41, 5.74) is 0.552. The van der Waals surface area contributed by atoms with Crippen molar-refractivity contribution in [3.63, 3.8) is 0 Å². The Morgan fingerprint density at radius 1 is 0.950 bits per heavy atom. The molecule has 6 heteroatoms. The molecular weight excluding hydrogens is 264 g/mol. The molecule has 0 unspecified atom stereocenters. The van der Waals surface area contributed by atoms with E-state index in [1.54, 1.807) is 0 Å². The third kappa shape index (κ3) is 14.9. The third-order valence-corrected chi connectivity index (χ3v) is 2.54. The Morgan fingerprint density at radius 3 is 1.70 bits per heavy atom. The molecule has 0 aliphatic carbocycles. The maximum atomic E-state index is 10.0. The van der Waals surface area contributed by atoms with Crippen LogP contribution >= 0.6 is 0 Å². The van der Waals surface area contributed by atoms with Crippen molar-refractivity contribution < 1.29 is 30.0 Å². The zero-order chi connectivity index (χ0) is 16.4. The van der Waals surface area contributed by atoms with E-state index >= 15 is 0 Å². The number of rotatable bonds is 7. The predicted octanol–water partition coefficient (Wildman–Crippen LogP) is 2.23. The molecule has 120 valence electrons. The minimum Gasteiger partial charge on any atom is -0.481 e. The maximum absolute atomic E-state index is 10.0. The molecule has 0 heterocycles. The van der Waals surface area contributed by atoms with E-state index < -0.39 is 24.1 Å². The largest absolute Gasteiger partial charge is 0.481 e. The molecule has 0 aromatic carbocycles. The van der Waals surface area contributed by atoms with E-state index in [1.165, 1.54) is 19.3 Å². The molecule has 4 N–H and O–H groups in total. The van der Waals surface area contributed by atoms with Crippen LogP contribution in [0.3, 0.4) is 0 Å². The Labute approximate surface area is 120 Å². The number of carboxylic acids is 2. The molecule has 0 aromatic rings. The summed E-state index contributed by atoms with van der Waals surface area (Å²) in [6.45, 7) is 9.12. The molecule has 0 saturated heterocycles. The van der Waals surface area contributed by atoms with Crippen LogP contribution in [0.2, 0.25) is 0 Å². The van der Waals surface area contributed by atoms with Crippen LogP contribution < -0.4 is 0 Å². The van der Waals surface area contributed by atoms with Gasteiger partial charge in [0, 0.05) is 12.8 Å². The lowest BCUT2D eigenvalue weighted by atomic mass is 9.90. The monoisotopic (exact) mass is 292 g/mol. The molecule has 0 amide bonds. The quantitative estimate of drug-likeness (QED) is 0.535. The Kier molecular flexibility index (Phi) is 10.3. The van der Waals surface area contributed by atoms with Gasteiger partial charge in [-0.1, -0.05) is 40.5 Å². The van der Waals surface area contributed by atoms with Crippen LogP contribution in [0.5, 0.6) is 0 Å². The zero-order valence-electron chi connectivity index (χ0n) is 12.8. The maximum Gasteiger partial charge on any atom is 0.364 e. The molecule has 0 aromatic heterocycles. The van der Waals surface area contributed by atoms with Gasteiger partial charge in [-0.3, -0.25) is 4.79 Å². The van der Waals surface area contributed by atoms with Gasteiger partial charge in [0.25, 0.3) is 5.79 Å². The molecule has 0 spiro atoms. The second-order valence-corrected chi connectivity index (χ2v) is 6.03. The number of unbranched alkanes of at least 4 members (excludes halogenated alkanes) is 1. The molecule has 0 aliphatic rings. The average molecular weight is 292 g/mol. The van der Waals surface area contributed by atoms with Gasteiger partial charge in [-0.25, -0.2) is 4.79 Å². The second kappa shape index (κ2) is 9.72. The number of aliphatic carboxylic acids is 2. The van der Waals surface area contributed by atoms with Gasteiger partial charge in [-0.15, -0.1) is 0 Å². The molecule has 0 rings (SSSR count). The van der Waals surface area contributed by atoms with E-state index in [2.05, 4.69) is 27.7 Å². The van der Waals surface area contributed by atoms with Gasteiger partial charge >= 0.3 is 11.9 Å². The Balaban J connectivity index is 0. The van der Waals surface area contributed by atoms with E-state index in [-0.39, 0.29) is 12.8 Å². The predicted molar refractivity (Wildman–Crippen MR) is 75.3 cm³/mol. The molecule has 0 radical (unpaired) electrons. The van der Waals surface area contributed by atoms with Crippen molar-refractivity contribution in [2.75, 3.05) is 0 Å². The molecule has 0 aliphatic heterocycles. The topological polar surface area (TPSA) is 115 Å². The molecule has 20 heavy (non-hydrogen) atoms. The molecule has 0 fully saturated rings. The minimum absolute atomic E-state index is 0.0887. The first kappa shape index (κ1) is 21.2. The highest BCUT2D eigenvalue weighted by Crippen LogP contribution is 2.20. The molecule has 6 nitrogen and oxygen atoms in total. The van der Waals surface area contributed by atoms with Gasteiger partial charge in [0.05, 0.1) is 0 Å². The first-order valence-corrected chi connectivity index (χ1v) is 6.82. The van der Waals surface area contributed by atoms with Crippen LogP contribution in [-0.2, 0) is 9.59 Å². The fourth-order valence-electron chi connectivity index (χ4n) is 1.30. The standard InChI is InChI=1S/C8H18.C6H10O6/c1-5-6-7-8(2,3)4;7-4(8)2-1-3-6(11,12)5(9)10/h5-7H2,1-4H3;11-12H,1-3H2,(H,7,8)(H,9,10). The van der Waals surface area contributed by atoms with Crippen LogP contribution in [0, 0.1) is 5.41 Å². The van der Waals surface area contributed by atoms with E-state index in [1.807, 2.05) is 0 Å². The molecule has 0 bridgehead atoms. The van der Waals surface area contributed by atoms with Crippen LogP contribution in [0.15, 0.2) is 0 Å². The van der Waals surface area contributed by atoms with Crippen LogP contribution in [0.25, 0.3) is 0 Å². The van der Waals surface area contributed by atoms with Gasteiger partial charge < -0.3 is 20.4 Å². The van der Waals surface area contributed by atoms with Crippen molar-refractivity contribution in [2.24, 2.45) is 5.41 Å². The molecule has 0 atom stereocenters. The zero-order valence-corrected chi connectivity index (χ0v) is 12.8. The lowest BCUT2D eigenvalue weighted by Gasteiger charge is -2.16. The highest BCUT2D eigenvalue weighted by Gasteiger charge is 2.32. The highest BCUT2D eigenvalue weighted by molar-refractivity contribution is 5.74. The molecular formula is C14H28O6. The van der Waals surface area contributed by atoms with E-state index in [0.717, 1.165) is 0 Å². The number of hydrogen-bond donors (Lipinski definition) is 4. The van der Waals surface area contributed by atoms with Gasteiger partial charge in [0.1, 0.15) is 0 Å². The lowest BCUT2D eigenvalue weighted by Crippen LogP contribution is -2.38. The Morgan fingerprint density at radius 2 is 1.45 bits per heavy atom. The first-order chi connectivity index (χ1) is 8.92. The summed E-state index contributed by atoms with van der Waals surface area (Å²) in [7, 11) is 0. The third-order valence-electron chi connectivity index (χ3n) is 2.54. The lowest BCUT2D eigenvalue weighted by molar-refractivity contribution is -0.205. The summed E-state index contributed by atoms with van der Waals surface area (Å²) in [5.74, 6) is -5.68. The smallest absolute Gasteiger partial charge is 0.364 e. The second-order valence-electron chi connectivity index (χ2n) is 6.03. The summed E-state index contributed by atoms with van der Waals surface area (Å²) in [6.07, 6.45) is 3.21. The normalized spacial score (nSPS) is 11.5. The van der Waals surface area contributed by atoms with Crippen LogP contribution in [0.4, 0.5) is 0 Å². The van der Waals surface area contributed by atoms with Crippen molar-refractivity contribution >= 4 is 11.9 Å². The highest BCUT2D eigenvalue weighted by atomic mass is 16.5. The van der Waals surface area contributed by atoms with Crippen molar-refractivity contribution in [2.45, 2.75) is 72.0 Å². The van der Waals surface area contributed by atoms with Crippen molar-refractivity contribution in [1.29, 1.82) is 0 Å². The SMILES string of the molecule is CCCCC(C)(C)C.O=C(O)CCCC(O)(O)C(=O)O. The van der Waals surface area contributed by atoms with Crippen molar-refractivity contribution in [3.8, 4) is 0 Å². The van der Waals surface area contributed by atoms with Gasteiger partial charge in [-0.05, 0) is 18.3 Å². The number of carbonyl (C=O) groups is 2. The Hall–Kier alpha value is -1.14. The first-order valence-electron chi connectivity index (χ1n) is 6.82. The summed E-state index contributed by atoms with van der Waals surface area (Å²) in [5, 5.41) is 33.6. The summed E-state index contributed by atoms with van der Waals surface area (Å²) < 4.78 is 0. The number of carboxylic acid groups (broad SMARTS) is 2. The number of hydrogen-bond acceptors (Lipinski definition) is 4. The fraction of sp³-hybridized carbons (Fsp3) is 0.857. The summed E-state index contributed by atoms with van der Waals surface area (Å²) in [6, 6.07) is 0. The van der Waals surface area contributed by atoms with Crippen LogP contribution in [-0.4, -0.2) is 38.2 Å². The number of aliphatic hydroxyl groups is 2. The van der Waals surface area contributed by atoms with Crippen molar-refractivity contribution in [3.05, 3.63) is 0 Å². The average Bonchev–Trinajstić information content (AvgIpc) is 2.25. The Bertz CT molecular complexity index is 291. The minimum atomic E-state index is -2.81. The van der Waals surface area contributed by atoms with Crippen LogP contribution in [0.1, 0.15) is 66.2 Å². The summed E-state index contributed by atoms with van der Waals surface area (Å²) in [4.78, 5) is 20.0. The van der Waals surface area contributed by atoms with Gasteiger partial charge in [0.15, 0.2) is 0 Å². The van der Waals surface area contributed by atoms with E-state index in [9.17, 15) is 9.59 Å². The summed E-state index contributed by atoms with van der Waals surface area (Å²) >= 11 is 0. The fourth-order valence-corrected chi connectivity index (χ4v) is 1.30. The van der Waals surface area contributed by atoms with E-state index in [0.29, 0.717) is 5.41 Å². The van der Waals surface area contributed by atoms with Gasteiger partial charge in [0.2, 0.25) is 0 Å².